The van der Waals surface area contributed by atoms with Crippen molar-refractivity contribution in [1.82, 2.24) is 0 Å². The molecule has 1 heterocycles. The summed E-state index contributed by atoms with van der Waals surface area (Å²) in [4.78, 5) is 0. The highest BCUT2D eigenvalue weighted by Crippen LogP contribution is 2.39. The van der Waals surface area contributed by atoms with Crippen LogP contribution >= 0.6 is 0 Å². The zero-order valence-corrected chi connectivity index (χ0v) is 10.6. The number of fused-ring (bicyclic) bond motifs is 1. The van der Waals surface area contributed by atoms with Gasteiger partial charge in [0.2, 0.25) is 0 Å². The van der Waals surface area contributed by atoms with Crippen LogP contribution in [0.1, 0.15) is 44.9 Å². The molecule has 0 spiro atoms. The lowest BCUT2D eigenvalue weighted by atomic mass is 9.84. The second-order valence-corrected chi connectivity index (χ2v) is 5.70. The van der Waals surface area contributed by atoms with Crippen LogP contribution in [-0.2, 0) is 5.41 Å². The Morgan fingerprint density at radius 2 is 2.00 bits per heavy atom. The van der Waals surface area contributed by atoms with Gasteiger partial charge in [-0.25, -0.2) is 0 Å². The number of ether oxygens (including phenoxy) is 1. The lowest BCUT2D eigenvalue weighted by Gasteiger charge is -2.20. The van der Waals surface area contributed by atoms with Gasteiger partial charge >= 0.3 is 0 Å². The van der Waals surface area contributed by atoms with Crippen molar-refractivity contribution in [2.45, 2.75) is 39.2 Å². The molecule has 16 heavy (non-hydrogen) atoms. The zero-order chi connectivity index (χ0) is 11.9. The van der Waals surface area contributed by atoms with Gasteiger partial charge in [0.15, 0.2) is 0 Å². The first-order chi connectivity index (χ1) is 7.42. The number of hydrogen-bond donors (Lipinski definition) is 1. The van der Waals surface area contributed by atoms with E-state index in [1.165, 1.54) is 11.1 Å². The highest BCUT2D eigenvalue weighted by Gasteiger charge is 2.32. The molecule has 1 aromatic carbocycles. The van der Waals surface area contributed by atoms with Gasteiger partial charge in [-0.05, 0) is 23.6 Å². The topological polar surface area (TPSA) is 35.2 Å². The fourth-order valence-corrected chi connectivity index (χ4v) is 2.13. The molecule has 2 rings (SSSR count). The molecule has 2 N–H and O–H groups in total. The summed E-state index contributed by atoms with van der Waals surface area (Å²) < 4.78 is 5.67. The van der Waals surface area contributed by atoms with E-state index < -0.39 is 0 Å². The molecule has 0 saturated heterocycles. The minimum Gasteiger partial charge on any atom is -0.492 e. The molecule has 0 amide bonds. The molecule has 2 heteroatoms. The van der Waals surface area contributed by atoms with Gasteiger partial charge in [0.25, 0.3) is 0 Å². The zero-order valence-electron chi connectivity index (χ0n) is 10.6. The van der Waals surface area contributed by atoms with Crippen LogP contribution in [0.4, 0.5) is 0 Å². The summed E-state index contributed by atoms with van der Waals surface area (Å²) in [5, 5.41) is 0. The van der Waals surface area contributed by atoms with Gasteiger partial charge in [-0.1, -0.05) is 33.8 Å². The van der Waals surface area contributed by atoms with Crippen molar-refractivity contribution in [1.29, 1.82) is 0 Å². The Kier molecular flexibility index (Phi) is 2.70. The Morgan fingerprint density at radius 3 is 2.62 bits per heavy atom. The second kappa shape index (κ2) is 3.77. The lowest BCUT2D eigenvalue weighted by molar-refractivity contribution is 0.291. The SMILES string of the molecule is CC(C)C(N)c1ccc2c(c1)C(C)(C)CO2. The fourth-order valence-electron chi connectivity index (χ4n) is 2.13. The van der Waals surface area contributed by atoms with E-state index in [1.807, 2.05) is 0 Å². The third kappa shape index (κ3) is 1.82. The predicted molar refractivity (Wildman–Crippen MR) is 66.7 cm³/mol. The van der Waals surface area contributed by atoms with Crippen LogP contribution in [0.2, 0.25) is 0 Å². The highest BCUT2D eigenvalue weighted by molar-refractivity contribution is 5.45. The van der Waals surface area contributed by atoms with E-state index in [1.54, 1.807) is 0 Å². The quantitative estimate of drug-likeness (QED) is 0.830. The molecule has 1 unspecified atom stereocenters. The Balaban J connectivity index is 2.39. The van der Waals surface area contributed by atoms with Crippen molar-refractivity contribution in [3.05, 3.63) is 29.3 Å². The first kappa shape index (κ1) is 11.5. The third-order valence-electron chi connectivity index (χ3n) is 3.42. The van der Waals surface area contributed by atoms with E-state index in [2.05, 4.69) is 45.9 Å². The minimum absolute atomic E-state index is 0.113. The maximum Gasteiger partial charge on any atom is 0.123 e. The second-order valence-electron chi connectivity index (χ2n) is 5.70. The van der Waals surface area contributed by atoms with Crippen LogP contribution in [0.3, 0.4) is 0 Å². The molecule has 2 nitrogen and oxygen atoms in total. The highest BCUT2D eigenvalue weighted by atomic mass is 16.5. The van der Waals surface area contributed by atoms with Gasteiger partial charge in [-0.3, -0.25) is 0 Å². The molecule has 1 aliphatic heterocycles. The Morgan fingerprint density at radius 1 is 1.31 bits per heavy atom. The van der Waals surface area contributed by atoms with Gasteiger partial charge in [-0.15, -0.1) is 0 Å². The average Bonchev–Trinajstić information content (AvgIpc) is 2.53. The summed E-state index contributed by atoms with van der Waals surface area (Å²) in [6.07, 6.45) is 0. The molecule has 0 aromatic heterocycles. The number of hydrogen-bond acceptors (Lipinski definition) is 2. The predicted octanol–water partition coefficient (Wildman–Crippen LogP) is 3.01. The van der Waals surface area contributed by atoms with E-state index >= 15 is 0 Å². The molecular formula is C14H21NO. The van der Waals surface area contributed by atoms with E-state index in [4.69, 9.17) is 10.5 Å². The van der Waals surface area contributed by atoms with Crippen molar-refractivity contribution < 1.29 is 4.74 Å². The summed E-state index contributed by atoms with van der Waals surface area (Å²) in [6, 6.07) is 6.47. The van der Waals surface area contributed by atoms with Crippen LogP contribution in [0.15, 0.2) is 18.2 Å². The van der Waals surface area contributed by atoms with Crippen molar-refractivity contribution in [2.24, 2.45) is 11.7 Å². The van der Waals surface area contributed by atoms with Gasteiger partial charge in [0, 0.05) is 17.0 Å². The summed E-state index contributed by atoms with van der Waals surface area (Å²) in [6.45, 7) is 9.49. The molecule has 0 fully saturated rings. The van der Waals surface area contributed by atoms with E-state index in [0.717, 1.165) is 12.4 Å². The van der Waals surface area contributed by atoms with Crippen molar-refractivity contribution in [3.8, 4) is 5.75 Å². The lowest BCUT2D eigenvalue weighted by Crippen LogP contribution is -2.20. The van der Waals surface area contributed by atoms with Crippen LogP contribution in [-0.4, -0.2) is 6.61 Å². The molecule has 88 valence electrons. The van der Waals surface area contributed by atoms with Gasteiger partial charge in [0.1, 0.15) is 5.75 Å². The van der Waals surface area contributed by atoms with Gasteiger partial charge in [0.05, 0.1) is 6.61 Å². The Hall–Kier alpha value is -1.02. The van der Waals surface area contributed by atoms with Crippen LogP contribution in [0.25, 0.3) is 0 Å². The normalized spacial score (nSPS) is 19.4. The molecule has 1 aliphatic rings. The molecule has 1 aromatic rings. The molecule has 1 atom stereocenters. The number of benzene rings is 1. The Labute approximate surface area is 97.8 Å². The standard InChI is InChI=1S/C14H21NO/c1-9(2)13(15)10-5-6-12-11(7-10)14(3,4)8-16-12/h5-7,9,13H,8,15H2,1-4H3. The van der Waals surface area contributed by atoms with Crippen molar-refractivity contribution in [3.63, 3.8) is 0 Å². The summed E-state index contributed by atoms with van der Waals surface area (Å²) in [5.41, 5.74) is 8.80. The van der Waals surface area contributed by atoms with E-state index in [-0.39, 0.29) is 11.5 Å². The minimum atomic E-state index is 0.113. The Bertz CT molecular complexity index is 396. The maximum atomic E-state index is 6.18. The first-order valence-corrected chi connectivity index (χ1v) is 5.94. The monoisotopic (exact) mass is 219 g/mol. The summed E-state index contributed by atoms with van der Waals surface area (Å²) in [7, 11) is 0. The van der Waals surface area contributed by atoms with Crippen molar-refractivity contribution in [2.75, 3.05) is 6.61 Å². The van der Waals surface area contributed by atoms with E-state index in [9.17, 15) is 0 Å². The number of rotatable bonds is 2. The van der Waals surface area contributed by atoms with Crippen molar-refractivity contribution >= 4 is 0 Å². The molecule has 0 bridgehead atoms. The van der Waals surface area contributed by atoms with Gasteiger partial charge in [-0.2, -0.15) is 0 Å². The molecule has 0 aliphatic carbocycles. The van der Waals surface area contributed by atoms with Crippen LogP contribution in [0.5, 0.6) is 5.75 Å². The summed E-state index contributed by atoms with van der Waals surface area (Å²) in [5.74, 6) is 1.48. The maximum absolute atomic E-state index is 6.18. The molecular weight excluding hydrogens is 198 g/mol. The number of nitrogens with two attached hydrogens (primary N) is 1. The summed E-state index contributed by atoms with van der Waals surface area (Å²) >= 11 is 0. The largest absolute Gasteiger partial charge is 0.492 e. The van der Waals surface area contributed by atoms with E-state index in [0.29, 0.717) is 5.92 Å². The third-order valence-corrected chi connectivity index (χ3v) is 3.42. The first-order valence-electron chi connectivity index (χ1n) is 5.94. The van der Waals surface area contributed by atoms with Gasteiger partial charge < -0.3 is 10.5 Å². The molecule has 0 radical (unpaired) electrons. The smallest absolute Gasteiger partial charge is 0.123 e. The average molecular weight is 219 g/mol. The molecule has 0 saturated carbocycles. The van der Waals surface area contributed by atoms with Crippen LogP contribution in [0, 0.1) is 5.92 Å². The fraction of sp³-hybridized carbons (Fsp3) is 0.571. The van der Waals surface area contributed by atoms with Crippen LogP contribution < -0.4 is 10.5 Å².